The molecule has 0 aliphatic carbocycles. The van der Waals surface area contributed by atoms with Gasteiger partial charge >= 0.3 is 6.03 Å². The van der Waals surface area contributed by atoms with Crippen molar-refractivity contribution < 1.29 is 28.6 Å². The van der Waals surface area contributed by atoms with Gasteiger partial charge < -0.3 is 15.2 Å². The number of nitrogens with one attached hydrogen (secondary N) is 1. The number of aliphatic hydroxyl groups excluding tert-OH is 1. The molecule has 9 heteroatoms. The van der Waals surface area contributed by atoms with Crippen molar-refractivity contribution >= 4 is 33.7 Å². The van der Waals surface area contributed by atoms with Crippen LogP contribution in [0.5, 0.6) is 5.75 Å². The molecule has 1 saturated heterocycles. The van der Waals surface area contributed by atoms with Gasteiger partial charge in [0.25, 0.3) is 5.91 Å². The van der Waals surface area contributed by atoms with Crippen molar-refractivity contribution in [3.05, 3.63) is 63.9 Å². The molecule has 1 aliphatic heterocycles. The van der Waals surface area contributed by atoms with Crippen LogP contribution in [0, 0.1) is 5.82 Å². The Morgan fingerprint density at radius 2 is 1.97 bits per heavy atom. The number of imide groups is 1. The van der Waals surface area contributed by atoms with Gasteiger partial charge in [0, 0.05) is 5.56 Å². The van der Waals surface area contributed by atoms with Crippen LogP contribution < -0.4 is 10.1 Å². The number of urea groups is 1. The predicted octanol–water partition coefficient (Wildman–Crippen LogP) is 2.82. The molecule has 3 rings (SSSR count). The summed E-state index contributed by atoms with van der Waals surface area (Å²) in [5, 5.41) is 12.7. The summed E-state index contributed by atoms with van der Waals surface area (Å²) in [7, 11) is 0. The molecule has 2 N–H and O–H groups in total. The predicted molar refractivity (Wildman–Crippen MR) is 105 cm³/mol. The van der Waals surface area contributed by atoms with Crippen LogP contribution in [0.3, 0.4) is 0 Å². The molecule has 0 aromatic heterocycles. The standard InChI is InChI=1S/C20H18BrFN2O5/c1-11(25)12-2-5-15(6-3-12)29-10-14(26)9-24-19(27)18(23-20(24)28)13-4-7-17(22)16(21)8-13/h2-8,14,18,26H,9-10H2,1H3,(H,23,28). The van der Waals surface area contributed by atoms with E-state index in [1.807, 2.05) is 0 Å². The molecule has 2 unspecified atom stereocenters. The number of ether oxygens (including phenoxy) is 1. The Bertz CT molecular complexity index is 950. The van der Waals surface area contributed by atoms with E-state index < -0.39 is 29.9 Å². The molecule has 2 atom stereocenters. The number of rotatable bonds is 7. The number of aliphatic hydroxyl groups is 1. The van der Waals surface area contributed by atoms with Gasteiger partial charge in [0.15, 0.2) is 5.78 Å². The molecular weight excluding hydrogens is 447 g/mol. The highest BCUT2D eigenvalue weighted by molar-refractivity contribution is 9.10. The fourth-order valence-electron chi connectivity index (χ4n) is 2.85. The normalized spacial score (nSPS) is 17.2. The molecule has 2 aromatic carbocycles. The average Bonchev–Trinajstić information content (AvgIpc) is 2.97. The fraction of sp³-hybridized carbons (Fsp3) is 0.250. The number of hydrogen-bond acceptors (Lipinski definition) is 5. The number of nitrogens with zero attached hydrogens (tertiary/aromatic N) is 1. The highest BCUT2D eigenvalue weighted by atomic mass is 79.9. The number of halogens is 2. The number of Topliss-reactive ketones (excluding diaryl/α,β-unsaturated/α-hetero) is 1. The van der Waals surface area contributed by atoms with Gasteiger partial charge in [-0.05, 0) is 64.8 Å². The largest absolute Gasteiger partial charge is 0.491 e. The summed E-state index contributed by atoms with van der Waals surface area (Å²) in [5.41, 5.74) is 0.964. The van der Waals surface area contributed by atoms with Crippen LogP contribution in [0.1, 0.15) is 28.9 Å². The minimum absolute atomic E-state index is 0.0714. The average molecular weight is 465 g/mol. The maximum atomic E-state index is 13.4. The van der Waals surface area contributed by atoms with Crippen molar-refractivity contribution in [2.24, 2.45) is 0 Å². The van der Waals surface area contributed by atoms with Crippen molar-refractivity contribution in [2.45, 2.75) is 19.1 Å². The molecule has 0 saturated carbocycles. The molecule has 0 spiro atoms. The Kier molecular flexibility index (Phi) is 6.29. The Hall–Kier alpha value is -2.78. The van der Waals surface area contributed by atoms with E-state index in [4.69, 9.17) is 4.74 Å². The molecule has 0 bridgehead atoms. The van der Waals surface area contributed by atoms with Crippen LogP contribution >= 0.6 is 15.9 Å². The van der Waals surface area contributed by atoms with Crippen molar-refractivity contribution in [3.63, 3.8) is 0 Å². The van der Waals surface area contributed by atoms with Gasteiger partial charge in [-0.15, -0.1) is 0 Å². The van der Waals surface area contributed by atoms with Gasteiger partial charge in [-0.25, -0.2) is 9.18 Å². The first-order chi connectivity index (χ1) is 13.8. The molecule has 29 heavy (non-hydrogen) atoms. The van der Waals surface area contributed by atoms with E-state index in [1.165, 1.54) is 25.1 Å². The minimum atomic E-state index is -1.11. The van der Waals surface area contributed by atoms with Gasteiger partial charge in [-0.2, -0.15) is 0 Å². The number of ketones is 1. The molecule has 1 heterocycles. The quantitative estimate of drug-likeness (QED) is 0.485. The molecule has 2 aromatic rings. The van der Waals surface area contributed by atoms with Crippen LogP contribution in [0.2, 0.25) is 0 Å². The summed E-state index contributed by atoms with van der Waals surface area (Å²) in [5.74, 6) is -0.650. The second kappa shape index (κ2) is 8.71. The van der Waals surface area contributed by atoms with Crippen LogP contribution in [0.4, 0.5) is 9.18 Å². The van der Waals surface area contributed by atoms with Gasteiger partial charge in [0.05, 0.1) is 11.0 Å². The number of hydrogen-bond donors (Lipinski definition) is 2. The summed E-state index contributed by atoms with van der Waals surface area (Å²) >= 11 is 3.05. The van der Waals surface area contributed by atoms with Crippen molar-refractivity contribution in [1.82, 2.24) is 10.2 Å². The first-order valence-corrected chi connectivity index (χ1v) is 9.54. The zero-order valence-electron chi connectivity index (χ0n) is 15.4. The lowest BCUT2D eigenvalue weighted by atomic mass is 10.1. The van der Waals surface area contributed by atoms with E-state index in [9.17, 15) is 23.9 Å². The lowest BCUT2D eigenvalue weighted by molar-refractivity contribution is -0.128. The monoisotopic (exact) mass is 464 g/mol. The van der Waals surface area contributed by atoms with Gasteiger partial charge in [-0.3, -0.25) is 14.5 Å². The number of benzene rings is 2. The second-order valence-corrected chi connectivity index (χ2v) is 7.40. The number of carbonyl (C=O) groups is 3. The summed E-state index contributed by atoms with van der Waals surface area (Å²) < 4.78 is 19.0. The Morgan fingerprint density at radius 1 is 1.28 bits per heavy atom. The second-order valence-electron chi connectivity index (χ2n) is 6.55. The Balaban J connectivity index is 1.59. The SMILES string of the molecule is CC(=O)c1ccc(OCC(O)CN2C(=O)NC(c3ccc(F)c(Br)c3)C2=O)cc1. The number of amides is 3. The van der Waals surface area contributed by atoms with Crippen LogP contribution in [0.25, 0.3) is 0 Å². The van der Waals surface area contributed by atoms with Crippen molar-refractivity contribution in [1.29, 1.82) is 0 Å². The fourth-order valence-corrected chi connectivity index (χ4v) is 3.25. The molecule has 1 aliphatic rings. The van der Waals surface area contributed by atoms with Gasteiger partial charge in [0.2, 0.25) is 0 Å². The van der Waals surface area contributed by atoms with Crippen molar-refractivity contribution in [2.75, 3.05) is 13.2 Å². The van der Waals surface area contributed by atoms with E-state index in [0.29, 0.717) is 16.9 Å². The molecule has 3 amide bonds. The molecule has 0 radical (unpaired) electrons. The van der Waals surface area contributed by atoms with Gasteiger partial charge in [-0.1, -0.05) is 6.07 Å². The van der Waals surface area contributed by atoms with E-state index in [0.717, 1.165) is 4.90 Å². The third-order valence-corrected chi connectivity index (χ3v) is 5.01. The molecular formula is C20H18BrFN2O5. The molecule has 7 nitrogen and oxygen atoms in total. The van der Waals surface area contributed by atoms with E-state index in [-0.39, 0.29) is 23.4 Å². The zero-order valence-corrected chi connectivity index (χ0v) is 17.0. The summed E-state index contributed by atoms with van der Waals surface area (Å²) in [6.07, 6.45) is -1.11. The van der Waals surface area contributed by atoms with Crippen LogP contribution in [0.15, 0.2) is 46.9 Å². The third kappa shape index (κ3) is 4.80. The molecule has 152 valence electrons. The summed E-state index contributed by atoms with van der Waals surface area (Å²) in [4.78, 5) is 36.9. The lowest BCUT2D eigenvalue weighted by Crippen LogP contribution is -2.39. The Labute approximate surface area is 174 Å². The van der Waals surface area contributed by atoms with Crippen molar-refractivity contribution in [3.8, 4) is 5.75 Å². The number of β-amino-alcohol motifs (C(OH)–C–C–N with tert-alkyl or cyclic N) is 1. The smallest absolute Gasteiger partial charge is 0.325 e. The minimum Gasteiger partial charge on any atom is -0.491 e. The number of carbonyl (C=O) groups excluding carboxylic acids is 3. The third-order valence-electron chi connectivity index (χ3n) is 4.40. The first-order valence-electron chi connectivity index (χ1n) is 8.75. The van der Waals surface area contributed by atoms with Crippen LogP contribution in [-0.2, 0) is 4.79 Å². The van der Waals surface area contributed by atoms with Gasteiger partial charge in [0.1, 0.15) is 30.3 Å². The summed E-state index contributed by atoms with van der Waals surface area (Å²) in [6, 6.07) is 8.83. The maximum Gasteiger partial charge on any atom is 0.325 e. The summed E-state index contributed by atoms with van der Waals surface area (Å²) in [6.45, 7) is 1.05. The first kappa shape index (κ1) is 20.9. The van der Waals surface area contributed by atoms with Crippen LogP contribution in [-0.4, -0.2) is 47.0 Å². The zero-order chi connectivity index (χ0) is 21.1. The topological polar surface area (TPSA) is 95.9 Å². The van der Waals surface area contributed by atoms with E-state index in [2.05, 4.69) is 21.2 Å². The highest BCUT2D eigenvalue weighted by Crippen LogP contribution is 2.26. The van der Waals surface area contributed by atoms with E-state index in [1.54, 1.807) is 24.3 Å². The van der Waals surface area contributed by atoms with E-state index >= 15 is 0 Å². The molecule has 1 fully saturated rings. The maximum absolute atomic E-state index is 13.4. The highest BCUT2D eigenvalue weighted by Gasteiger charge is 2.40. The lowest BCUT2D eigenvalue weighted by Gasteiger charge is -2.18. The Morgan fingerprint density at radius 3 is 2.59 bits per heavy atom.